The second kappa shape index (κ2) is 7.52. The van der Waals surface area contributed by atoms with Crippen LogP contribution in [-0.2, 0) is 0 Å². The van der Waals surface area contributed by atoms with Gasteiger partial charge in [0.25, 0.3) is 0 Å². The predicted octanol–water partition coefficient (Wildman–Crippen LogP) is 6.28. The molecule has 126 valence electrons. The Kier molecular flexibility index (Phi) is 5.37. The lowest BCUT2D eigenvalue weighted by Gasteiger charge is -2.30. The largest absolute Gasteiger partial charge is 0.293 e. The van der Waals surface area contributed by atoms with E-state index in [1.165, 1.54) is 0 Å². The second-order valence-electron chi connectivity index (χ2n) is 6.42. The van der Waals surface area contributed by atoms with E-state index in [1.807, 2.05) is 80.6 Å². The average molecular weight is 367 g/mol. The standard InChI is InChI=1S/C22H20ClOP/c1-22(2,21(24)18-13-7-4-8-14-18)25(23)20-16-10-9-15-19(20)17-11-5-3-6-12-17/h3-16H,1-2H3. The molecule has 0 amide bonds. The molecule has 0 fully saturated rings. The highest BCUT2D eigenvalue weighted by Gasteiger charge is 2.38. The number of hydrogen-bond acceptors (Lipinski definition) is 1. The van der Waals surface area contributed by atoms with Gasteiger partial charge < -0.3 is 0 Å². The molecule has 0 heterocycles. The summed E-state index contributed by atoms with van der Waals surface area (Å²) in [6.45, 7) is 3.89. The van der Waals surface area contributed by atoms with E-state index in [2.05, 4.69) is 18.2 Å². The van der Waals surface area contributed by atoms with Gasteiger partial charge in [-0.1, -0.05) is 96.2 Å². The number of halogens is 1. The van der Waals surface area contributed by atoms with Crippen molar-refractivity contribution in [3.05, 3.63) is 90.5 Å². The normalized spacial score (nSPS) is 12.6. The molecule has 1 unspecified atom stereocenters. The number of Topliss-reactive ketones (excluding diaryl/α,β-unsaturated/α-hetero) is 1. The number of hydrogen-bond donors (Lipinski definition) is 0. The number of carbonyl (C=O) groups is 1. The SMILES string of the molecule is CC(C)(C(=O)c1ccccc1)P(Cl)c1ccccc1-c1ccccc1. The van der Waals surface area contributed by atoms with Crippen LogP contribution < -0.4 is 5.30 Å². The summed E-state index contributed by atoms with van der Waals surface area (Å²) in [5.41, 5.74) is 2.92. The van der Waals surface area contributed by atoms with Gasteiger partial charge in [-0.25, -0.2) is 0 Å². The zero-order valence-electron chi connectivity index (χ0n) is 14.3. The van der Waals surface area contributed by atoms with E-state index in [0.717, 1.165) is 16.4 Å². The molecule has 3 aromatic carbocycles. The average Bonchev–Trinajstić information content (AvgIpc) is 2.68. The van der Waals surface area contributed by atoms with Crippen LogP contribution in [0.3, 0.4) is 0 Å². The van der Waals surface area contributed by atoms with Crippen LogP contribution in [0, 0.1) is 0 Å². The Labute approximate surface area is 155 Å². The van der Waals surface area contributed by atoms with E-state index >= 15 is 0 Å². The van der Waals surface area contributed by atoms with Crippen molar-refractivity contribution >= 4 is 29.6 Å². The first-order valence-electron chi connectivity index (χ1n) is 8.22. The topological polar surface area (TPSA) is 17.1 Å². The molecule has 0 aliphatic heterocycles. The lowest BCUT2D eigenvalue weighted by molar-refractivity contribution is 0.0956. The first-order valence-corrected chi connectivity index (χ1v) is 10.5. The fourth-order valence-corrected chi connectivity index (χ4v) is 5.05. The fourth-order valence-electron chi connectivity index (χ4n) is 2.84. The summed E-state index contributed by atoms with van der Waals surface area (Å²) < 4.78 is 0. The van der Waals surface area contributed by atoms with Gasteiger partial charge in [0.1, 0.15) is 0 Å². The highest BCUT2D eigenvalue weighted by atomic mass is 35.7. The van der Waals surface area contributed by atoms with E-state index in [4.69, 9.17) is 11.2 Å². The van der Waals surface area contributed by atoms with Crippen LogP contribution in [0.15, 0.2) is 84.9 Å². The van der Waals surface area contributed by atoms with E-state index in [-0.39, 0.29) is 5.78 Å². The molecule has 1 atom stereocenters. The summed E-state index contributed by atoms with van der Waals surface area (Å²) >= 11 is 6.94. The molecule has 0 saturated carbocycles. The molecule has 0 radical (unpaired) electrons. The number of ketones is 1. The third-order valence-electron chi connectivity index (χ3n) is 4.28. The highest BCUT2D eigenvalue weighted by molar-refractivity contribution is 7.92. The van der Waals surface area contributed by atoms with Gasteiger partial charge in [0, 0.05) is 12.8 Å². The first kappa shape index (κ1) is 17.9. The molecular formula is C22H20ClOP. The van der Waals surface area contributed by atoms with Gasteiger partial charge in [-0.3, -0.25) is 4.79 Å². The van der Waals surface area contributed by atoms with E-state index < -0.39 is 12.4 Å². The van der Waals surface area contributed by atoms with Crippen LogP contribution in [0.4, 0.5) is 0 Å². The molecule has 0 saturated heterocycles. The van der Waals surface area contributed by atoms with Gasteiger partial charge in [0.15, 0.2) is 5.78 Å². The van der Waals surface area contributed by atoms with Crippen LogP contribution in [0.5, 0.6) is 0 Å². The fraction of sp³-hybridized carbons (Fsp3) is 0.136. The van der Waals surface area contributed by atoms with E-state index in [1.54, 1.807) is 0 Å². The zero-order chi connectivity index (χ0) is 17.9. The summed E-state index contributed by atoms with van der Waals surface area (Å²) in [5, 5.41) is 0.378. The van der Waals surface area contributed by atoms with Crippen LogP contribution in [-0.4, -0.2) is 10.9 Å². The quantitative estimate of drug-likeness (QED) is 0.384. The second-order valence-corrected chi connectivity index (χ2v) is 9.59. The lowest BCUT2D eigenvalue weighted by atomic mass is 10.0. The van der Waals surface area contributed by atoms with Crippen molar-refractivity contribution in [1.29, 1.82) is 0 Å². The van der Waals surface area contributed by atoms with Gasteiger partial charge in [-0.2, -0.15) is 0 Å². The van der Waals surface area contributed by atoms with Crippen molar-refractivity contribution in [2.75, 3.05) is 0 Å². The predicted molar refractivity (Wildman–Crippen MR) is 109 cm³/mol. The Morgan fingerprint density at radius 2 is 1.32 bits per heavy atom. The Hall–Kier alpha value is -1.95. The van der Waals surface area contributed by atoms with Gasteiger partial charge in [-0.05, 0) is 30.3 Å². The van der Waals surface area contributed by atoms with E-state index in [9.17, 15) is 4.79 Å². The monoisotopic (exact) mass is 366 g/mol. The lowest BCUT2D eigenvalue weighted by Crippen LogP contribution is -2.32. The van der Waals surface area contributed by atoms with Crippen LogP contribution in [0.25, 0.3) is 11.1 Å². The van der Waals surface area contributed by atoms with Crippen LogP contribution in [0.1, 0.15) is 24.2 Å². The minimum atomic E-state index is -1.20. The highest BCUT2D eigenvalue weighted by Crippen LogP contribution is 2.55. The van der Waals surface area contributed by atoms with Crippen molar-refractivity contribution < 1.29 is 4.79 Å². The van der Waals surface area contributed by atoms with E-state index in [0.29, 0.717) is 5.56 Å². The molecule has 0 aliphatic rings. The number of carbonyl (C=O) groups excluding carboxylic acids is 1. The first-order chi connectivity index (χ1) is 12.0. The molecule has 3 heteroatoms. The Morgan fingerprint density at radius 3 is 1.96 bits per heavy atom. The van der Waals surface area contributed by atoms with Crippen molar-refractivity contribution in [2.24, 2.45) is 0 Å². The maximum absolute atomic E-state index is 13.1. The minimum absolute atomic E-state index is 0.0806. The van der Waals surface area contributed by atoms with Crippen molar-refractivity contribution in [2.45, 2.75) is 19.0 Å². The Bertz CT molecular complexity index is 859. The van der Waals surface area contributed by atoms with Gasteiger partial charge >= 0.3 is 0 Å². The molecule has 0 aliphatic carbocycles. The molecule has 1 nitrogen and oxygen atoms in total. The smallest absolute Gasteiger partial charge is 0.174 e. The molecule has 0 bridgehead atoms. The molecule has 3 aromatic rings. The van der Waals surface area contributed by atoms with Crippen molar-refractivity contribution in [3.8, 4) is 11.1 Å². The molecule has 0 aromatic heterocycles. The molecule has 0 spiro atoms. The molecular weight excluding hydrogens is 347 g/mol. The van der Waals surface area contributed by atoms with Gasteiger partial charge in [0.2, 0.25) is 0 Å². The Balaban J connectivity index is 2.01. The molecule has 3 rings (SSSR count). The maximum Gasteiger partial charge on any atom is 0.174 e. The Morgan fingerprint density at radius 1 is 0.800 bits per heavy atom. The van der Waals surface area contributed by atoms with Crippen molar-refractivity contribution in [3.63, 3.8) is 0 Å². The number of rotatable bonds is 5. The summed E-state index contributed by atoms with van der Waals surface area (Å²) in [6, 6.07) is 27.7. The maximum atomic E-state index is 13.1. The summed E-state index contributed by atoms with van der Waals surface area (Å²) in [6.07, 6.45) is 0. The van der Waals surface area contributed by atoms with Gasteiger partial charge in [0.05, 0.1) is 5.16 Å². The van der Waals surface area contributed by atoms with Gasteiger partial charge in [-0.15, -0.1) is 0 Å². The van der Waals surface area contributed by atoms with Crippen LogP contribution >= 0.6 is 18.5 Å². The zero-order valence-corrected chi connectivity index (χ0v) is 16.0. The third-order valence-corrected chi connectivity index (χ3v) is 8.09. The number of benzene rings is 3. The van der Waals surface area contributed by atoms with Crippen molar-refractivity contribution in [1.82, 2.24) is 0 Å². The minimum Gasteiger partial charge on any atom is -0.293 e. The third kappa shape index (κ3) is 3.68. The summed E-state index contributed by atoms with van der Waals surface area (Å²) in [5.74, 6) is 0.0806. The molecule has 25 heavy (non-hydrogen) atoms. The molecule has 0 N–H and O–H groups in total. The summed E-state index contributed by atoms with van der Waals surface area (Å²) in [4.78, 5) is 13.1. The summed E-state index contributed by atoms with van der Waals surface area (Å²) in [7, 11) is -1.20. The van der Waals surface area contributed by atoms with Crippen LogP contribution in [0.2, 0.25) is 0 Å².